The van der Waals surface area contributed by atoms with Crippen molar-refractivity contribution in [2.24, 2.45) is 0 Å². The molecule has 112 valence electrons. The summed E-state index contributed by atoms with van der Waals surface area (Å²) < 4.78 is 13.2. The number of nitrogens with one attached hydrogen (secondary N) is 1. The molecule has 0 spiro atoms. The van der Waals surface area contributed by atoms with Crippen molar-refractivity contribution in [2.45, 2.75) is 52.0 Å². The van der Waals surface area contributed by atoms with Crippen LogP contribution in [0, 0.1) is 12.7 Å². The van der Waals surface area contributed by atoms with Gasteiger partial charge in [0, 0.05) is 0 Å². The second-order valence-electron chi connectivity index (χ2n) is 5.42. The molecule has 0 saturated carbocycles. The van der Waals surface area contributed by atoms with E-state index in [-0.39, 0.29) is 12.2 Å². The molecule has 1 rings (SSSR count). The van der Waals surface area contributed by atoms with Crippen LogP contribution in [-0.2, 0) is 0 Å². The largest absolute Gasteiger partial charge is 0.394 e. The second-order valence-corrected chi connectivity index (χ2v) is 5.42. The zero-order chi connectivity index (χ0) is 15.2. The van der Waals surface area contributed by atoms with Gasteiger partial charge in [-0.05, 0) is 26.3 Å². The molecule has 2 N–H and O–H groups in total. The number of aliphatic hydroxyl groups is 1. The Hall–Kier alpha value is -1.49. The highest BCUT2D eigenvalue weighted by Crippen LogP contribution is 2.16. The molecule has 1 atom stereocenters. The molecule has 0 aliphatic rings. The van der Waals surface area contributed by atoms with E-state index in [2.05, 4.69) is 17.2 Å². The second kappa shape index (κ2) is 7.33. The number of aryl methyl sites for hydroxylation is 1. The summed E-state index contributed by atoms with van der Waals surface area (Å²) in [5.74, 6) is -0.944. The minimum Gasteiger partial charge on any atom is -0.394 e. The quantitative estimate of drug-likeness (QED) is 0.756. The average Bonchev–Trinajstić information content (AvgIpc) is 2.41. The average molecular weight is 282 g/mol. The van der Waals surface area contributed by atoms with E-state index in [4.69, 9.17) is 0 Å². The molecule has 20 heavy (non-hydrogen) atoms. The fourth-order valence-electron chi connectivity index (χ4n) is 2.03. The highest BCUT2D eigenvalue weighted by Gasteiger charge is 2.26. The number of aliphatic hydroxyl groups excluding tert-OH is 1. The predicted molar refractivity (Wildman–Crippen MR) is 76.0 cm³/mol. The summed E-state index contributed by atoms with van der Waals surface area (Å²) in [6, 6.07) is 1.17. The van der Waals surface area contributed by atoms with Crippen LogP contribution in [0.25, 0.3) is 0 Å². The predicted octanol–water partition coefficient (Wildman–Crippen LogP) is 2.59. The normalized spacial score (nSPS) is 13.8. The van der Waals surface area contributed by atoms with Gasteiger partial charge in [0.1, 0.15) is 5.82 Å². The summed E-state index contributed by atoms with van der Waals surface area (Å²) >= 11 is 0. The first-order valence-corrected chi connectivity index (χ1v) is 6.97. The van der Waals surface area contributed by atoms with Crippen LogP contribution >= 0.6 is 0 Å². The first kappa shape index (κ1) is 16.6. The smallest absolute Gasteiger partial charge is 0.253 e. The number of amides is 1. The van der Waals surface area contributed by atoms with Gasteiger partial charge in [-0.15, -0.1) is 0 Å². The van der Waals surface area contributed by atoms with E-state index in [1.165, 1.54) is 6.07 Å². The molecule has 1 aromatic heterocycles. The number of carbonyl (C=O) groups is 1. The van der Waals surface area contributed by atoms with Gasteiger partial charge in [0.25, 0.3) is 5.91 Å². The highest BCUT2D eigenvalue weighted by molar-refractivity contribution is 5.95. The molecular formula is C15H23FN2O2. The topological polar surface area (TPSA) is 62.2 Å². The molecule has 1 amide bonds. The summed E-state index contributed by atoms with van der Waals surface area (Å²) in [6.45, 7) is 5.39. The van der Waals surface area contributed by atoms with Crippen molar-refractivity contribution in [1.29, 1.82) is 0 Å². The van der Waals surface area contributed by atoms with Gasteiger partial charge in [0.2, 0.25) is 0 Å². The van der Waals surface area contributed by atoms with Gasteiger partial charge in [0.15, 0.2) is 0 Å². The molecule has 1 heterocycles. The maximum Gasteiger partial charge on any atom is 0.253 e. The van der Waals surface area contributed by atoms with Gasteiger partial charge in [-0.2, -0.15) is 0 Å². The minimum atomic E-state index is -0.689. The van der Waals surface area contributed by atoms with Crippen LogP contribution in [-0.4, -0.2) is 28.1 Å². The van der Waals surface area contributed by atoms with E-state index in [9.17, 15) is 14.3 Å². The van der Waals surface area contributed by atoms with Gasteiger partial charge in [-0.3, -0.25) is 9.78 Å². The van der Waals surface area contributed by atoms with Crippen LogP contribution in [0.2, 0.25) is 0 Å². The third kappa shape index (κ3) is 4.56. The fraction of sp³-hybridized carbons (Fsp3) is 0.600. The Morgan fingerprint density at radius 3 is 2.80 bits per heavy atom. The molecule has 4 nitrogen and oxygen atoms in total. The maximum absolute atomic E-state index is 13.2. The van der Waals surface area contributed by atoms with Crippen molar-refractivity contribution in [1.82, 2.24) is 10.3 Å². The molecule has 0 aliphatic carbocycles. The first-order chi connectivity index (χ1) is 9.41. The van der Waals surface area contributed by atoms with Gasteiger partial charge >= 0.3 is 0 Å². The fourth-order valence-corrected chi connectivity index (χ4v) is 2.03. The van der Waals surface area contributed by atoms with Gasteiger partial charge in [-0.1, -0.05) is 26.2 Å². The van der Waals surface area contributed by atoms with E-state index in [0.717, 1.165) is 25.5 Å². The van der Waals surface area contributed by atoms with Crippen LogP contribution in [0.1, 0.15) is 55.6 Å². The van der Waals surface area contributed by atoms with Crippen LogP contribution in [0.3, 0.4) is 0 Å². The van der Waals surface area contributed by atoms with Gasteiger partial charge in [0.05, 0.1) is 29.6 Å². The SMILES string of the molecule is CCCCCC(C)(CO)NC(=O)c1cc(F)cnc1C. The van der Waals surface area contributed by atoms with E-state index < -0.39 is 17.3 Å². The molecular weight excluding hydrogens is 259 g/mol. The van der Waals surface area contributed by atoms with E-state index in [0.29, 0.717) is 12.1 Å². The Kier molecular flexibility index (Phi) is 6.07. The Morgan fingerprint density at radius 2 is 2.20 bits per heavy atom. The summed E-state index contributed by atoms with van der Waals surface area (Å²) in [5, 5.41) is 12.3. The molecule has 0 bridgehead atoms. The lowest BCUT2D eigenvalue weighted by Crippen LogP contribution is -2.49. The number of carbonyl (C=O) groups excluding carboxylic acids is 1. The van der Waals surface area contributed by atoms with Crippen LogP contribution in [0.5, 0.6) is 0 Å². The van der Waals surface area contributed by atoms with Crippen molar-refractivity contribution in [3.8, 4) is 0 Å². The van der Waals surface area contributed by atoms with Crippen molar-refractivity contribution in [2.75, 3.05) is 6.61 Å². The number of halogens is 1. The summed E-state index contributed by atoms with van der Waals surface area (Å²) in [7, 11) is 0. The zero-order valence-corrected chi connectivity index (χ0v) is 12.4. The molecule has 5 heteroatoms. The van der Waals surface area contributed by atoms with Crippen molar-refractivity contribution in [3.05, 3.63) is 29.3 Å². The monoisotopic (exact) mass is 282 g/mol. The van der Waals surface area contributed by atoms with Crippen LogP contribution < -0.4 is 5.32 Å². The molecule has 0 radical (unpaired) electrons. The Morgan fingerprint density at radius 1 is 1.50 bits per heavy atom. The Labute approximate surface area is 119 Å². The lowest BCUT2D eigenvalue weighted by molar-refractivity contribution is 0.0837. The van der Waals surface area contributed by atoms with Crippen molar-refractivity contribution < 1.29 is 14.3 Å². The molecule has 1 aromatic rings. The molecule has 1 unspecified atom stereocenters. The molecule has 0 aromatic carbocycles. The lowest BCUT2D eigenvalue weighted by Gasteiger charge is -2.29. The van der Waals surface area contributed by atoms with Crippen LogP contribution in [0.4, 0.5) is 4.39 Å². The number of nitrogens with zero attached hydrogens (tertiary/aromatic N) is 1. The summed E-state index contributed by atoms with van der Waals surface area (Å²) in [5.41, 5.74) is -0.0108. The highest BCUT2D eigenvalue weighted by atomic mass is 19.1. The van der Waals surface area contributed by atoms with Crippen molar-refractivity contribution >= 4 is 5.91 Å². The summed E-state index contributed by atoms with van der Waals surface area (Å²) in [6.07, 6.45) is 4.81. The number of unbranched alkanes of at least 4 members (excludes halogenated alkanes) is 2. The molecule has 0 saturated heterocycles. The Bertz CT molecular complexity index is 465. The standard InChI is InChI=1S/C15H23FN2O2/c1-4-5-6-7-15(3,10-19)18-14(20)13-8-12(16)9-17-11(13)2/h8-9,19H,4-7,10H2,1-3H3,(H,18,20). The number of hydrogen-bond acceptors (Lipinski definition) is 3. The van der Waals surface area contributed by atoms with E-state index in [1.807, 2.05) is 0 Å². The number of aromatic nitrogens is 1. The Balaban J connectivity index is 2.78. The third-order valence-electron chi connectivity index (χ3n) is 3.39. The lowest BCUT2D eigenvalue weighted by atomic mass is 9.94. The third-order valence-corrected chi connectivity index (χ3v) is 3.39. The van der Waals surface area contributed by atoms with Gasteiger partial charge < -0.3 is 10.4 Å². The molecule has 0 fully saturated rings. The minimum absolute atomic E-state index is 0.149. The summed E-state index contributed by atoms with van der Waals surface area (Å²) in [4.78, 5) is 16.0. The number of rotatable bonds is 7. The van der Waals surface area contributed by atoms with E-state index >= 15 is 0 Å². The zero-order valence-electron chi connectivity index (χ0n) is 12.4. The first-order valence-electron chi connectivity index (χ1n) is 6.97. The maximum atomic E-state index is 13.2. The van der Waals surface area contributed by atoms with Crippen LogP contribution in [0.15, 0.2) is 12.3 Å². The number of hydrogen-bond donors (Lipinski definition) is 2. The van der Waals surface area contributed by atoms with Crippen molar-refractivity contribution in [3.63, 3.8) is 0 Å². The van der Waals surface area contributed by atoms with Gasteiger partial charge in [-0.25, -0.2) is 4.39 Å². The number of pyridine rings is 1. The van der Waals surface area contributed by atoms with E-state index in [1.54, 1.807) is 13.8 Å². The molecule has 0 aliphatic heterocycles.